The average Bonchev–Trinajstić information content (AvgIpc) is 2.38. The summed E-state index contributed by atoms with van der Waals surface area (Å²) in [4.78, 5) is 46.8. The maximum Gasteiger partial charge on any atom is 0.368 e. The number of aldehydes is 1. The predicted molar refractivity (Wildman–Crippen MR) is 77.5 cm³/mol. The normalized spacial score (nSPS) is 10.5. The SMILES string of the molecule is CC(C)(C(N)C(=O)O)[N+](=O)[O-].CC(C)[N+](=O)[O-].N.O=CC(=O)O. The zero-order valence-corrected chi connectivity index (χ0v) is 13.2. The fraction of sp³-hybridized carbons (Fsp3) is 0.700. The number of carboxylic acid groups (broad SMARTS) is 2. The highest BCUT2D eigenvalue weighted by Crippen LogP contribution is 2.11. The van der Waals surface area contributed by atoms with Gasteiger partial charge < -0.3 is 22.1 Å². The number of carboxylic acids is 2. The van der Waals surface area contributed by atoms with Crippen LogP contribution in [0.25, 0.3) is 0 Å². The molecule has 0 aromatic heterocycles. The predicted octanol–water partition coefficient (Wildman–Crippen LogP) is -0.443. The summed E-state index contributed by atoms with van der Waals surface area (Å²) in [5.41, 5.74) is 3.43. The Morgan fingerprint density at radius 1 is 1.17 bits per heavy atom. The van der Waals surface area contributed by atoms with E-state index in [1.807, 2.05) is 0 Å². The van der Waals surface area contributed by atoms with Crippen LogP contribution in [-0.4, -0.2) is 55.9 Å². The van der Waals surface area contributed by atoms with Crippen LogP contribution in [-0.2, 0) is 14.4 Å². The summed E-state index contributed by atoms with van der Waals surface area (Å²) in [5.74, 6) is -2.79. The largest absolute Gasteiger partial charge is 0.480 e. The van der Waals surface area contributed by atoms with Crippen molar-refractivity contribution in [3.05, 3.63) is 20.2 Å². The number of nitrogens with two attached hydrogens (primary N) is 1. The Bertz CT molecular complexity index is 423. The van der Waals surface area contributed by atoms with Crippen molar-refractivity contribution in [2.75, 3.05) is 0 Å². The van der Waals surface area contributed by atoms with Gasteiger partial charge in [-0.05, 0) is 0 Å². The van der Waals surface area contributed by atoms with Crippen molar-refractivity contribution < 1.29 is 34.4 Å². The third-order valence-electron chi connectivity index (χ3n) is 2.02. The monoisotopic (exact) mass is 342 g/mol. The summed E-state index contributed by atoms with van der Waals surface area (Å²) < 4.78 is 0. The fourth-order valence-electron chi connectivity index (χ4n) is 0.416. The van der Waals surface area contributed by atoms with Crippen LogP contribution in [0.15, 0.2) is 0 Å². The van der Waals surface area contributed by atoms with Crippen LogP contribution in [0.5, 0.6) is 0 Å². The van der Waals surface area contributed by atoms with Gasteiger partial charge in [0.1, 0.15) is 0 Å². The Labute approximate surface area is 131 Å². The van der Waals surface area contributed by atoms with E-state index >= 15 is 0 Å². The van der Waals surface area contributed by atoms with Gasteiger partial charge in [0.15, 0.2) is 6.04 Å². The summed E-state index contributed by atoms with van der Waals surface area (Å²) in [6.45, 7) is 5.43. The average molecular weight is 342 g/mol. The van der Waals surface area contributed by atoms with E-state index in [1.54, 1.807) is 13.8 Å². The summed E-state index contributed by atoms with van der Waals surface area (Å²) >= 11 is 0. The van der Waals surface area contributed by atoms with E-state index in [0.717, 1.165) is 0 Å². The molecule has 0 heterocycles. The molecule has 0 spiro atoms. The van der Waals surface area contributed by atoms with Gasteiger partial charge in [-0.1, -0.05) is 0 Å². The van der Waals surface area contributed by atoms with Gasteiger partial charge in [0, 0.05) is 37.5 Å². The minimum Gasteiger partial charge on any atom is -0.480 e. The molecule has 0 amide bonds. The maximum absolute atomic E-state index is 10.2. The van der Waals surface area contributed by atoms with Gasteiger partial charge in [-0.15, -0.1) is 0 Å². The highest BCUT2D eigenvalue weighted by Gasteiger charge is 2.43. The highest BCUT2D eigenvalue weighted by molar-refractivity contribution is 6.19. The lowest BCUT2D eigenvalue weighted by Crippen LogP contribution is -2.53. The van der Waals surface area contributed by atoms with E-state index in [0.29, 0.717) is 0 Å². The minimum absolute atomic E-state index is 0. The molecule has 1 unspecified atom stereocenters. The van der Waals surface area contributed by atoms with Gasteiger partial charge >= 0.3 is 11.9 Å². The Hall–Kier alpha value is -2.67. The maximum atomic E-state index is 10.2. The number of carbonyl (C=O) groups is 3. The lowest BCUT2D eigenvalue weighted by Gasteiger charge is -2.18. The molecular weight excluding hydrogens is 320 g/mol. The first-order chi connectivity index (χ1) is 9.71. The summed E-state index contributed by atoms with van der Waals surface area (Å²) in [7, 11) is 0. The summed E-state index contributed by atoms with van der Waals surface area (Å²) in [6, 6.07) is -1.90. The molecule has 0 aromatic carbocycles. The highest BCUT2D eigenvalue weighted by atomic mass is 16.6. The van der Waals surface area contributed by atoms with Crippen molar-refractivity contribution in [2.45, 2.75) is 45.3 Å². The Morgan fingerprint density at radius 3 is 1.48 bits per heavy atom. The molecule has 13 nitrogen and oxygen atoms in total. The Balaban J connectivity index is -0.000000128. The number of rotatable bonds is 5. The van der Waals surface area contributed by atoms with E-state index in [-0.39, 0.29) is 17.4 Å². The van der Waals surface area contributed by atoms with E-state index in [4.69, 9.17) is 25.5 Å². The second-order valence-corrected chi connectivity index (χ2v) is 4.56. The second kappa shape index (κ2) is 13.0. The third-order valence-corrected chi connectivity index (χ3v) is 2.02. The van der Waals surface area contributed by atoms with Gasteiger partial charge in [0.25, 0.3) is 0 Å². The molecule has 13 heteroatoms. The zero-order valence-electron chi connectivity index (χ0n) is 13.2. The molecule has 23 heavy (non-hydrogen) atoms. The molecule has 0 saturated heterocycles. The lowest BCUT2D eigenvalue weighted by atomic mass is 9.97. The van der Waals surface area contributed by atoms with Crippen molar-refractivity contribution in [3.8, 4) is 0 Å². The van der Waals surface area contributed by atoms with Crippen LogP contribution in [0.3, 0.4) is 0 Å². The molecule has 0 aliphatic rings. The number of hydrogen-bond donors (Lipinski definition) is 4. The van der Waals surface area contributed by atoms with E-state index in [9.17, 15) is 25.0 Å². The zero-order chi connectivity index (χ0) is 18.7. The smallest absolute Gasteiger partial charge is 0.368 e. The van der Waals surface area contributed by atoms with Gasteiger partial charge in [-0.3, -0.25) is 29.8 Å². The van der Waals surface area contributed by atoms with Crippen molar-refractivity contribution >= 4 is 18.2 Å². The number of nitrogens with zero attached hydrogens (tertiary/aromatic N) is 2. The van der Waals surface area contributed by atoms with Crippen molar-refractivity contribution in [2.24, 2.45) is 5.73 Å². The summed E-state index contributed by atoms with van der Waals surface area (Å²) in [6.07, 6.45) is -0.167. The van der Waals surface area contributed by atoms with Gasteiger partial charge in [0.2, 0.25) is 17.9 Å². The van der Waals surface area contributed by atoms with Crippen molar-refractivity contribution in [1.29, 1.82) is 0 Å². The first-order valence-electron chi connectivity index (χ1n) is 5.66. The molecule has 0 rings (SSSR count). The van der Waals surface area contributed by atoms with Crippen molar-refractivity contribution in [1.82, 2.24) is 6.15 Å². The molecular formula is C10H22N4O9. The molecule has 0 saturated carbocycles. The number of hydrogen-bond acceptors (Lipinski definition) is 9. The summed E-state index contributed by atoms with van der Waals surface area (Å²) in [5, 5.41) is 35.4. The molecule has 0 radical (unpaired) electrons. The number of carbonyl (C=O) groups excluding carboxylic acids is 1. The van der Waals surface area contributed by atoms with Crippen LogP contribution in [0, 0.1) is 20.2 Å². The first kappa shape index (κ1) is 28.5. The second-order valence-electron chi connectivity index (χ2n) is 4.56. The standard InChI is InChI=1S/C5H10N2O4.C3H7NO2.C2H2O3.H3N/c1-5(2,7(10)11)3(6)4(8)9;1-3(2)4(5)6;3-1-2(4)5;/h3H,6H2,1-2H3,(H,8,9);3H,1-2H3;1H,(H,4,5);1H3. The molecule has 0 aromatic rings. The van der Waals surface area contributed by atoms with Crippen LogP contribution in [0.1, 0.15) is 27.7 Å². The Morgan fingerprint density at radius 2 is 1.43 bits per heavy atom. The van der Waals surface area contributed by atoms with E-state index in [1.165, 1.54) is 13.8 Å². The van der Waals surface area contributed by atoms with Gasteiger partial charge in [-0.25, -0.2) is 4.79 Å². The molecule has 0 bridgehead atoms. The number of nitro groups is 2. The topological polar surface area (TPSA) is 239 Å². The molecule has 7 N–H and O–H groups in total. The minimum atomic E-state index is -1.62. The van der Waals surface area contributed by atoms with E-state index in [2.05, 4.69) is 0 Å². The van der Waals surface area contributed by atoms with Gasteiger partial charge in [-0.2, -0.15) is 0 Å². The van der Waals surface area contributed by atoms with Crippen LogP contribution >= 0.6 is 0 Å². The van der Waals surface area contributed by atoms with Crippen molar-refractivity contribution in [3.63, 3.8) is 0 Å². The third kappa shape index (κ3) is 15.5. The van der Waals surface area contributed by atoms with Crippen LogP contribution in [0.4, 0.5) is 0 Å². The van der Waals surface area contributed by atoms with Crippen LogP contribution in [0.2, 0.25) is 0 Å². The Kier molecular flexibility index (Phi) is 16.1. The molecule has 0 aliphatic carbocycles. The van der Waals surface area contributed by atoms with Crippen LogP contribution < -0.4 is 11.9 Å². The first-order valence-corrected chi connectivity index (χ1v) is 5.66. The quantitative estimate of drug-likeness (QED) is 0.216. The fourth-order valence-corrected chi connectivity index (χ4v) is 0.416. The lowest BCUT2D eigenvalue weighted by molar-refractivity contribution is -0.561. The number of aliphatic carboxylic acids is 2. The molecule has 1 atom stereocenters. The molecule has 0 fully saturated rings. The molecule has 136 valence electrons. The van der Waals surface area contributed by atoms with E-state index < -0.39 is 34.5 Å². The molecule has 0 aliphatic heterocycles. The van der Waals surface area contributed by atoms with Gasteiger partial charge in [0.05, 0.1) is 0 Å².